The number of benzene rings is 5. The van der Waals surface area contributed by atoms with E-state index in [1.165, 1.54) is 72.7 Å². The van der Waals surface area contributed by atoms with E-state index in [9.17, 15) is 0 Å². The fourth-order valence-corrected chi connectivity index (χ4v) is 9.48. The maximum absolute atomic E-state index is 4.48. The predicted octanol–water partition coefficient (Wildman–Crippen LogP) is 13.3. The third-order valence-corrected chi connectivity index (χ3v) is 12.2. The number of nitrogens with zero attached hydrogens (tertiary/aromatic N) is 2. The molecule has 2 nitrogen and oxygen atoms in total. The highest BCUT2D eigenvalue weighted by molar-refractivity contribution is 5.88. The molecule has 0 fully saturated rings. The molecule has 0 spiro atoms. The highest BCUT2D eigenvalue weighted by Crippen LogP contribution is 2.53. The lowest BCUT2D eigenvalue weighted by Crippen LogP contribution is -2.20. The minimum atomic E-state index is -0.114. The largest absolute Gasteiger partial charge is 0.317 e. The molecule has 0 bridgehead atoms. The van der Waals surface area contributed by atoms with Gasteiger partial charge < -0.3 is 9.47 Å². The average Bonchev–Trinajstić information content (AvgIpc) is 3.67. The second kappa shape index (κ2) is 11.7. The molecule has 9 rings (SSSR count). The normalized spacial score (nSPS) is 17.2. The van der Waals surface area contributed by atoms with Crippen molar-refractivity contribution in [2.75, 3.05) is 4.90 Å². The van der Waals surface area contributed by atoms with Gasteiger partial charge in [0.05, 0.1) is 0 Å². The van der Waals surface area contributed by atoms with Gasteiger partial charge in [-0.3, -0.25) is 0 Å². The Morgan fingerprint density at radius 2 is 1.21 bits per heavy atom. The summed E-state index contributed by atoms with van der Waals surface area (Å²) in [7, 11) is 0. The standard InChI is InChI=1S/C50H46N2/c1-8-34(29-43-33(3)51(35-18-10-9-11-19-35)48-32(2)17-16-22-42(43)48)52(36-25-27-40-38-20-12-14-23-44(38)49(4,5)46(40)30-36)37-26-28-41-39-21-13-15-24-45(39)50(6,7)47(41)31-37/h8-16,18-32H,1,17H2,2-7H3/b34-29+. The Bertz CT molecular complexity index is 2380. The smallest absolute Gasteiger partial charge is 0.0465 e. The van der Waals surface area contributed by atoms with E-state index < -0.39 is 0 Å². The molecule has 0 aliphatic heterocycles. The highest BCUT2D eigenvalue weighted by Gasteiger charge is 2.38. The van der Waals surface area contributed by atoms with Crippen molar-refractivity contribution < 1.29 is 0 Å². The summed E-state index contributed by atoms with van der Waals surface area (Å²) in [5, 5.41) is 0. The number of fused-ring (bicyclic) bond motifs is 7. The van der Waals surface area contributed by atoms with Gasteiger partial charge in [0.25, 0.3) is 0 Å². The van der Waals surface area contributed by atoms with Gasteiger partial charge in [0.2, 0.25) is 0 Å². The Hall–Kier alpha value is -5.60. The Labute approximate surface area is 309 Å². The zero-order valence-corrected chi connectivity index (χ0v) is 31.2. The van der Waals surface area contributed by atoms with Gasteiger partial charge in [-0.1, -0.05) is 132 Å². The van der Waals surface area contributed by atoms with Crippen molar-refractivity contribution >= 4 is 23.5 Å². The molecule has 1 aromatic heterocycles. The number of aromatic nitrogens is 1. The molecule has 6 aromatic rings. The number of hydrogen-bond donors (Lipinski definition) is 0. The molecule has 0 saturated heterocycles. The van der Waals surface area contributed by atoms with Crippen LogP contribution in [0, 0.1) is 6.92 Å². The molecule has 0 radical (unpaired) electrons. The minimum absolute atomic E-state index is 0.114. The van der Waals surface area contributed by atoms with E-state index >= 15 is 0 Å². The lowest BCUT2D eigenvalue weighted by atomic mass is 9.82. The molecule has 52 heavy (non-hydrogen) atoms. The summed E-state index contributed by atoms with van der Waals surface area (Å²) < 4.78 is 2.48. The first-order chi connectivity index (χ1) is 25.1. The fraction of sp³-hybridized carbons (Fsp3) is 0.200. The zero-order chi connectivity index (χ0) is 35.9. The van der Waals surface area contributed by atoms with Crippen LogP contribution in [0.2, 0.25) is 0 Å². The number of para-hydroxylation sites is 1. The number of hydrogen-bond acceptors (Lipinski definition) is 1. The summed E-state index contributed by atoms with van der Waals surface area (Å²) in [5.74, 6) is 0.408. The zero-order valence-electron chi connectivity index (χ0n) is 31.2. The Morgan fingerprint density at radius 1 is 0.692 bits per heavy atom. The molecule has 1 heterocycles. The third kappa shape index (κ3) is 4.63. The van der Waals surface area contributed by atoms with Crippen LogP contribution in [0.4, 0.5) is 11.4 Å². The first-order valence-electron chi connectivity index (χ1n) is 18.7. The summed E-state index contributed by atoms with van der Waals surface area (Å²) in [6, 6.07) is 42.7. The van der Waals surface area contributed by atoms with E-state index in [4.69, 9.17) is 0 Å². The number of allylic oxidation sites excluding steroid dienone is 2. The molecule has 1 atom stereocenters. The van der Waals surface area contributed by atoms with Crippen molar-refractivity contribution in [3.8, 4) is 27.9 Å². The van der Waals surface area contributed by atoms with Gasteiger partial charge in [-0.05, 0) is 106 Å². The van der Waals surface area contributed by atoms with Crippen molar-refractivity contribution in [2.24, 2.45) is 0 Å². The first kappa shape index (κ1) is 32.3. The summed E-state index contributed by atoms with van der Waals surface area (Å²) in [6.45, 7) is 18.6. The van der Waals surface area contributed by atoms with Crippen LogP contribution >= 0.6 is 0 Å². The second-order valence-electron chi connectivity index (χ2n) is 15.9. The molecule has 2 heteroatoms. The maximum atomic E-state index is 4.48. The predicted molar refractivity (Wildman–Crippen MR) is 221 cm³/mol. The van der Waals surface area contributed by atoms with E-state index in [0.29, 0.717) is 5.92 Å². The summed E-state index contributed by atoms with van der Waals surface area (Å²) in [4.78, 5) is 2.44. The number of anilines is 2. The van der Waals surface area contributed by atoms with Crippen LogP contribution in [-0.4, -0.2) is 4.57 Å². The Balaban J connectivity index is 1.27. The molecular formula is C50H46N2. The molecule has 0 amide bonds. The van der Waals surface area contributed by atoms with E-state index in [1.807, 2.05) is 6.08 Å². The molecule has 5 aromatic carbocycles. The van der Waals surface area contributed by atoms with Gasteiger partial charge in [0.1, 0.15) is 0 Å². The van der Waals surface area contributed by atoms with Crippen molar-refractivity contribution in [2.45, 2.75) is 64.7 Å². The lowest BCUT2D eigenvalue weighted by Gasteiger charge is -2.30. The average molecular weight is 675 g/mol. The van der Waals surface area contributed by atoms with Gasteiger partial charge in [-0.15, -0.1) is 0 Å². The van der Waals surface area contributed by atoms with Gasteiger partial charge in [0, 0.05) is 62.0 Å². The SMILES string of the molecule is C=C/C(=C\c1c2c(n(-c3ccccc3)c1C)C(C)CC=C2)N(c1ccc2c(c1)C(C)(C)c1ccccc1-2)c1ccc2c(c1)C(C)(C)c1ccccc1-2. The highest BCUT2D eigenvalue weighted by atomic mass is 15.1. The van der Waals surface area contributed by atoms with E-state index in [2.05, 4.69) is 191 Å². The Kier molecular flexibility index (Phi) is 7.28. The van der Waals surface area contributed by atoms with Crippen molar-refractivity contribution in [3.05, 3.63) is 184 Å². The third-order valence-electron chi connectivity index (χ3n) is 12.2. The first-order valence-corrected chi connectivity index (χ1v) is 18.7. The molecule has 3 aliphatic rings. The fourth-order valence-electron chi connectivity index (χ4n) is 9.48. The molecular weight excluding hydrogens is 629 g/mol. The van der Waals surface area contributed by atoms with Crippen LogP contribution in [-0.2, 0) is 10.8 Å². The topological polar surface area (TPSA) is 8.17 Å². The molecule has 3 aliphatic carbocycles. The summed E-state index contributed by atoms with van der Waals surface area (Å²) in [6.07, 6.45) is 10.1. The van der Waals surface area contributed by atoms with Gasteiger partial charge in [-0.25, -0.2) is 0 Å². The summed E-state index contributed by atoms with van der Waals surface area (Å²) >= 11 is 0. The van der Waals surface area contributed by atoms with Crippen molar-refractivity contribution in [1.82, 2.24) is 4.57 Å². The lowest BCUT2D eigenvalue weighted by molar-refractivity contribution is 0.660. The number of rotatable bonds is 6. The van der Waals surface area contributed by atoms with Crippen LogP contribution in [0.25, 0.3) is 40.1 Å². The van der Waals surface area contributed by atoms with E-state index in [0.717, 1.165) is 23.5 Å². The van der Waals surface area contributed by atoms with Gasteiger partial charge >= 0.3 is 0 Å². The van der Waals surface area contributed by atoms with Crippen molar-refractivity contribution in [3.63, 3.8) is 0 Å². The summed E-state index contributed by atoms with van der Waals surface area (Å²) in [5.41, 5.74) is 20.2. The molecule has 1 unspecified atom stereocenters. The van der Waals surface area contributed by atoms with E-state index in [1.54, 1.807) is 0 Å². The van der Waals surface area contributed by atoms with Gasteiger partial charge in [-0.2, -0.15) is 0 Å². The van der Waals surface area contributed by atoms with Crippen LogP contribution in [0.5, 0.6) is 0 Å². The van der Waals surface area contributed by atoms with Crippen molar-refractivity contribution in [1.29, 1.82) is 0 Å². The quantitative estimate of drug-likeness (QED) is 0.160. The monoisotopic (exact) mass is 674 g/mol. The van der Waals surface area contributed by atoms with Crippen LogP contribution in [0.1, 0.15) is 91.7 Å². The van der Waals surface area contributed by atoms with Crippen LogP contribution in [0.3, 0.4) is 0 Å². The maximum Gasteiger partial charge on any atom is 0.0465 e. The van der Waals surface area contributed by atoms with E-state index in [-0.39, 0.29) is 10.8 Å². The van der Waals surface area contributed by atoms with Gasteiger partial charge in [0.15, 0.2) is 0 Å². The minimum Gasteiger partial charge on any atom is -0.317 e. The van der Waals surface area contributed by atoms with Crippen LogP contribution < -0.4 is 4.90 Å². The van der Waals surface area contributed by atoms with Crippen LogP contribution in [0.15, 0.2) is 140 Å². The second-order valence-corrected chi connectivity index (χ2v) is 15.9. The molecule has 256 valence electrons. The Morgan fingerprint density at radius 3 is 1.77 bits per heavy atom. The molecule has 0 N–H and O–H groups in total. The molecule has 0 saturated carbocycles.